The molecular weight excluding hydrogens is 320 g/mol. The number of hydrogen-bond acceptors (Lipinski definition) is 2. The van der Waals surface area contributed by atoms with Crippen molar-refractivity contribution in [1.29, 1.82) is 0 Å². The molecule has 0 bridgehead atoms. The zero-order chi connectivity index (χ0) is 14.0. The van der Waals surface area contributed by atoms with Gasteiger partial charge in [-0.25, -0.2) is 8.78 Å². The molecule has 0 fully saturated rings. The highest BCUT2D eigenvalue weighted by Gasteiger charge is 2.20. The minimum Gasteiger partial charge on any atom is -0.457 e. The fraction of sp³-hybridized carbons (Fsp3) is 0.154. The summed E-state index contributed by atoms with van der Waals surface area (Å²) in [4.78, 5) is 11.9. The topological polar surface area (TPSA) is 42.2 Å². The van der Waals surface area contributed by atoms with Crippen LogP contribution in [0.2, 0.25) is 0 Å². The average Bonchev–Trinajstić information content (AvgIpc) is 2.75. The molecule has 1 aromatic carbocycles. The highest BCUT2D eigenvalue weighted by Crippen LogP contribution is 2.22. The molecule has 0 saturated heterocycles. The predicted octanol–water partition coefficient (Wildman–Crippen LogP) is 3.81. The Morgan fingerprint density at radius 2 is 1.95 bits per heavy atom. The highest BCUT2D eigenvalue weighted by atomic mass is 79.9. The predicted molar refractivity (Wildman–Crippen MR) is 68.6 cm³/mol. The Hall–Kier alpha value is -1.69. The van der Waals surface area contributed by atoms with E-state index in [1.165, 1.54) is 25.3 Å². The smallest absolute Gasteiger partial charge is 0.256 e. The van der Waals surface area contributed by atoms with E-state index in [0.29, 0.717) is 0 Å². The summed E-state index contributed by atoms with van der Waals surface area (Å²) in [5.74, 6) is -1.87. The van der Waals surface area contributed by atoms with Crippen LogP contribution in [0.15, 0.2) is 39.6 Å². The van der Waals surface area contributed by atoms with Crippen LogP contribution in [0.3, 0.4) is 0 Å². The minimum absolute atomic E-state index is 0.171. The zero-order valence-electron chi connectivity index (χ0n) is 9.91. The van der Waals surface area contributed by atoms with Gasteiger partial charge in [-0.2, -0.15) is 0 Å². The zero-order valence-corrected chi connectivity index (χ0v) is 11.5. The van der Waals surface area contributed by atoms with E-state index in [4.69, 9.17) is 4.42 Å². The van der Waals surface area contributed by atoms with Crippen LogP contribution < -0.4 is 5.32 Å². The molecule has 1 unspecified atom stereocenters. The average molecular weight is 330 g/mol. The van der Waals surface area contributed by atoms with Crippen LogP contribution in [0.5, 0.6) is 0 Å². The maximum absolute atomic E-state index is 13.6. The summed E-state index contributed by atoms with van der Waals surface area (Å²) >= 11 is 3.07. The van der Waals surface area contributed by atoms with Crippen LogP contribution in [0, 0.1) is 11.6 Å². The fourth-order valence-electron chi connectivity index (χ4n) is 1.73. The van der Waals surface area contributed by atoms with Crippen LogP contribution >= 0.6 is 15.9 Å². The van der Waals surface area contributed by atoms with E-state index in [-0.39, 0.29) is 15.8 Å². The van der Waals surface area contributed by atoms with Crippen LogP contribution in [-0.2, 0) is 0 Å². The summed E-state index contributed by atoms with van der Waals surface area (Å²) in [6.07, 6.45) is 1.34. The number of carbonyl (C=O) groups is 1. The summed E-state index contributed by atoms with van der Waals surface area (Å²) in [5.41, 5.74) is 0.0964. The molecule has 1 atom stereocenters. The summed E-state index contributed by atoms with van der Waals surface area (Å²) < 4.78 is 32.3. The number of furan rings is 1. The number of rotatable bonds is 3. The van der Waals surface area contributed by atoms with Gasteiger partial charge in [0.05, 0.1) is 17.9 Å². The molecule has 0 radical (unpaired) electrons. The van der Waals surface area contributed by atoms with Crippen molar-refractivity contribution >= 4 is 21.8 Å². The first-order valence-corrected chi connectivity index (χ1v) is 6.27. The maximum Gasteiger partial charge on any atom is 0.256 e. The molecular formula is C13H10BrF2NO2. The molecule has 1 amide bonds. The van der Waals surface area contributed by atoms with E-state index < -0.39 is 23.6 Å². The van der Waals surface area contributed by atoms with E-state index in [1.807, 2.05) is 0 Å². The summed E-state index contributed by atoms with van der Waals surface area (Å²) in [5, 5.41) is 2.51. The van der Waals surface area contributed by atoms with Crippen LogP contribution in [0.1, 0.15) is 28.9 Å². The molecule has 6 heteroatoms. The second kappa shape index (κ2) is 5.52. The number of carbonyl (C=O) groups excluding carboxylic acids is 1. The Labute approximate surface area is 116 Å². The molecule has 1 N–H and O–H groups in total. The van der Waals surface area contributed by atoms with Crippen molar-refractivity contribution in [2.45, 2.75) is 13.0 Å². The molecule has 19 heavy (non-hydrogen) atoms. The number of nitrogens with one attached hydrogen (secondary N) is 1. The lowest BCUT2D eigenvalue weighted by molar-refractivity contribution is 0.0937. The van der Waals surface area contributed by atoms with Gasteiger partial charge in [0.1, 0.15) is 11.6 Å². The van der Waals surface area contributed by atoms with Gasteiger partial charge in [-0.15, -0.1) is 0 Å². The van der Waals surface area contributed by atoms with Crippen molar-refractivity contribution < 1.29 is 18.0 Å². The van der Waals surface area contributed by atoms with Gasteiger partial charge in [0, 0.05) is 5.56 Å². The first-order valence-electron chi connectivity index (χ1n) is 5.48. The van der Waals surface area contributed by atoms with Crippen LogP contribution in [-0.4, -0.2) is 5.91 Å². The molecule has 2 aromatic rings. The molecule has 0 aliphatic heterocycles. The van der Waals surface area contributed by atoms with Gasteiger partial charge >= 0.3 is 0 Å². The lowest BCUT2D eigenvalue weighted by Gasteiger charge is -2.15. The Morgan fingerprint density at radius 1 is 1.32 bits per heavy atom. The Bertz CT molecular complexity index is 592. The Balaban J connectivity index is 2.20. The third-order valence-corrected chi connectivity index (χ3v) is 3.26. The fourth-order valence-corrected chi connectivity index (χ4v) is 2.15. The molecule has 0 spiro atoms. The molecule has 2 rings (SSSR count). The minimum atomic E-state index is -0.796. The third-order valence-electron chi connectivity index (χ3n) is 2.64. The Kier molecular flexibility index (Phi) is 3.99. The van der Waals surface area contributed by atoms with Crippen molar-refractivity contribution in [2.75, 3.05) is 0 Å². The number of halogens is 3. The quantitative estimate of drug-likeness (QED) is 0.930. The van der Waals surface area contributed by atoms with Crippen LogP contribution in [0.25, 0.3) is 0 Å². The van der Waals surface area contributed by atoms with E-state index in [1.54, 1.807) is 0 Å². The number of amides is 1. The van der Waals surface area contributed by atoms with Gasteiger partial charge in [0.15, 0.2) is 4.67 Å². The van der Waals surface area contributed by atoms with Gasteiger partial charge in [-0.05, 0) is 41.1 Å². The second-order valence-electron chi connectivity index (χ2n) is 3.94. The molecule has 100 valence electrons. The molecule has 0 saturated carbocycles. The molecule has 3 nitrogen and oxygen atoms in total. The van der Waals surface area contributed by atoms with Crippen molar-refractivity contribution in [3.63, 3.8) is 0 Å². The first-order chi connectivity index (χ1) is 9.00. The normalized spacial score (nSPS) is 12.2. The summed E-state index contributed by atoms with van der Waals surface area (Å²) in [7, 11) is 0. The van der Waals surface area contributed by atoms with Gasteiger partial charge in [0.25, 0.3) is 5.91 Å². The summed E-state index contributed by atoms with van der Waals surface area (Å²) in [6, 6.07) is 4.23. The maximum atomic E-state index is 13.6. The van der Waals surface area contributed by atoms with Gasteiger partial charge in [-0.3, -0.25) is 4.79 Å². The van der Waals surface area contributed by atoms with Crippen molar-refractivity contribution in [3.05, 3.63) is 58.0 Å². The second-order valence-corrected chi connectivity index (χ2v) is 4.66. The van der Waals surface area contributed by atoms with Gasteiger partial charge < -0.3 is 9.73 Å². The van der Waals surface area contributed by atoms with E-state index in [9.17, 15) is 13.6 Å². The number of benzene rings is 1. The van der Waals surface area contributed by atoms with Crippen LogP contribution in [0.4, 0.5) is 8.78 Å². The van der Waals surface area contributed by atoms with E-state index >= 15 is 0 Å². The van der Waals surface area contributed by atoms with E-state index in [0.717, 1.165) is 12.1 Å². The lowest BCUT2D eigenvalue weighted by atomic mass is 10.1. The third kappa shape index (κ3) is 2.84. The summed E-state index contributed by atoms with van der Waals surface area (Å²) in [6.45, 7) is 1.51. The van der Waals surface area contributed by atoms with E-state index in [2.05, 4.69) is 21.2 Å². The van der Waals surface area contributed by atoms with Gasteiger partial charge in [-0.1, -0.05) is 6.07 Å². The molecule has 1 aromatic heterocycles. The Morgan fingerprint density at radius 3 is 2.47 bits per heavy atom. The standard InChI is InChI=1S/C13H10BrF2NO2/c1-7(11-9(15)3-2-4-10(11)16)17-13(18)8-5-6-19-12(8)14/h2-7H,1H3,(H,17,18). The number of hydrogen-bond donors (Lipinski definition) is 1. The van der Waals surface area contributed by atoms with Crippen molar-refractivity contribution in [1.82, 2.24) is 5.32 Å². The largest absolute Gasteiger partial charge is 0.457 e. The van der Waals surface area contributed by atoms with Crippen molar-refractivity contribution in [2.24, 2.45) is 0 Å². The molecule has 0 aliphatic carbocycles. The van der Waals surface area contributed by atoms with Gasteiger partial charge in [0.2, 0.25) is 0 Å². The molecule has 0 aliphatic rings. The molecule has 1 heterocycles. The SMILES string of the molecule is CC(NC(=O)c1ccoc1Br)c1c(F)cccc1F. The first kappa shape index (κ1) is 13.7. The monoisotopic (exact) mass is 329 g/mol. The van der Waals surface area contributed by atoms with Crippen molar-refractivity contribution in [3.8, 4) is 0 Å². The highest BCUT2D eigenvalue weighted by molar-refractivity contribution is 9.10. The lowest BCUT2D eigenvalue weighted by Crippen LogP contribution is -2.27.